The first kappa shape index (κ1) is 13.4. The molecule has 0 heterocycles. The molecule has 2 rings (SSSR count). The third-order valence-corrected chi connectivity index (χ3v) is 3.74. The van der Waals surface area contributed by atoms with Gasteiger partial charge in [0.05, 0.1) is 0 Å². The quantitative estimate of drug-likeness (QED) is 0.794. The largest absolute Gasteiger partial charge is 0.371 e. The van der Waals surface area contributed by atoms with E-state index in [1.165, 1.54) is 36.2 Å². The van der Waals surface area contributed by atoms with Crippen LogP contribution in [0.2, 0.25) is 0 Å². The van der Waals surface area contributed by atoms with Crippen molar-refractivity contribution in [3.63, 3.8) is 0 Å². The monoisotopic (exact) mass is 246 g/mol. The van der Waals surface area contributed by atoms with Crippen LogP contribution in [0.1, 0.15) is 37.8 Å². The fraction of sp³-hybridized carbons (Fsp3) is 0.625. The molecule has 0 bridgehead atoms. The second kappa shape index (κ2) is 6.24. The smallest absolute Gasteiger partial charge is 0.0396 e. The molecule has 0 aromatic heterocycles. The van der Waals surface area contributed by atoms with Crippen LogP contribution in [0.3, 0.4) is 0 Å². The fourth-order valence-electron chi connectivity index (χ4n) is 2.46. The molecule has 18 heavy (non-hydrogen) atoms. The lowest BCUT2D eigenvalue weighted by Gasteiger charge is -2.25. The van der Waals surface area contributed by atoms with Crippen molar-refractivity contribution in [2.45, 2.75) is 40.2 Å². The Morgan fingerprint density at radius 2 is 2.06 bits per heavy atom. The summed E-state index contributed by atoms with van der Waals surface area (Å²) in [5, 5.41) is 3.38. The van der Waals surface area contributed by atoms with Crippen molar-refractivity contribution in [3.05, 3.63) is 29.3 Å². The normalized spacial score (nSPS) is 14.8. The lowest BCUT2D eigenvalue weighted by atomic mass is 10.1. The van der Waals surface area contributed by atoms with Crippen molar-refractivity contribution in [1.29, 1.82) is 0 Å². The van der Waals surface area contributed by atoms with Gasteiger partial charge in [0.25, 0.3) is 0 Å². The first-order valence-corrected chi connectivity index (χ1v) is 7.29. The van der Waals surface area contributed by atoms with Crippen molar-refractivity contribution in [1.82, 2.24) is 5.32 Å². The van der Waals surface area contributed by atoms with Gasteiger partial charge in [-0.3, -0.25) is 0 Å². The van der Waals surface area contributed by atoms with Crippen molar-refractivity contribution >= 4 is 5.69 Å². The summed E-state index contributed by atoms with van der Waals surface area (Å²) in [6.07, 6.45) is 2.85. The highest BCUT2D eigenvalue weighted by Crippen LogP contribution is 2.32. The molecule has 1 N–H and O–H groups in total. The molecule has 0 saturated heterocycles. The summed E-state index contributed by atoms with van der Waals surface area (Å²) >= 11 is 0. The molecule has 100 valence electrons. The van der Waals surface area contributed by atoms with Crippen LogP contribution in [0.15, 0.2) is 18.2 Å². The van der Waals surface area contributed by atoms with E-state index in [1.807, 2.05) is 0 Å². The maximum atomic E-state index is 3.38. The Kier molecular flexibility index (Phi) is 4.65. The summed E-state index contributed by atoms with van der Waals surface area (Å²) in [4.78, 5) is 2.53. The standard InChI is InChI=1S/C16H26N2/c1-4-17-11-15-8-9-16(13(3)10-15)18(5-2)12-14-6-7-14/h8-10,14,17H,4-7,11-12H2,1-3H3. The van der Waals surface area contributed by atoms with E-state index >= 15 is 0 Å². The minimum atomic E-state index is 0.950. The number of benzene rings is 1. The van der Waals surface area contributed by atoms with E-state index in [-0.39, 0.29) is 0 Å². The molecule has 0 spiro atoms. The molecule has 1 aliphatic carbocycles. The first-order chi connectivity index (χ1) is 8.74. The van der Waals surface area contributed by atoms with Crippen LogP contribution in [0.5, 0.6) is 0 Å². The van der Waals surface area contributed by atoms with Gasteiger partial charge in [0, 0.05) is 25.3 Å². The van der Waals surface area contributed by atoms with Gasteiger partial charge in [0.2, 0.25) is 0 Å². The SMILES string of the molecule is CCNCc1ccc(N(CC)CC2CC2)c(C)c1. The van der Waals surface area contributed by atoms with Gasteiger partial charge in [-0.15, -0.1) is 0 Å². The highest BCUT2D eigenvalue weighted by molar-refractivity contribution is 5.54. The first-order valence-electron chi connectivity index (χ1n) is 7.29. The van der Waals surface area contributed by atoms with E-state index in [9.17, 15) is 0 Å². The number of hydrogen-bond donors (Lipinski definition) is 1. The minimum Gasteiger partial charge on any atom is -0.371 e. The number of hydrogen-bond acceptors (Lipinski definition) is 2. The summed E-state index contributed by atoms with van der Waals surface area (Å²) in [6, 6.07) is 6.89. The molecule has 0 aliphatic heterocycles. The maximum absolute atomic E-state index is 3.38. The van der Waals surface area contributed by atoms with Crippen molar-refractivity contribution in [2.75, 3.05) is 24.5 Å². The number of nitrogens with zero attached hydrogens (tertiary/aromatic N) is 1. The molecule has 2 nitrogen and oxygen atoms in total. The van der Waals surface area contributed by atoms with E-state index in [2.05, 4.69) is 49.2 Å². The second-order valence-corrected chi connectivity index (χ2v) is 5.38. The molecule has 0 radical (unpaired) electrons. The fourth-order valence-corrected chi connectivity index (χ4v) is 2.46. The molecule has 1 aromatic carbocycles. The molecule has 2 heteroatoms. The summed E-state index contributed by atoms with van der Waals surface area (Å²) in [7, 11) is 0. The molecule has 0 atom stereocenters. The Morgan fingerprint density at radius 1 is 1.28 bits per heavy atom. The van der Waals surface area contributed by atoms with Gasteiger partial charge >= 0.3 is 0 Å². The van der Waals surface area contributed by atoms with E-state index < -0.39 is 0 Å². The zero-order valence-corrected chi connectivity index (χ0v) is 12.0. The Hall–Kier alpha value is -1.02. The molecular formula is C16H26N2. The van der Waals surface area contributed by atoms with Gasteiger partial charge in [0.1, 0.15) is 0 Å². The zero-order chi connectivity index (χ0) is 13.0. The average molecular weight is 246 g/mol. The van der Waals surface area contributed by atoms with Crippen LogP contribution >= 0.6 is 0 Å². The van der Waals surface area contributed by atoms with Gasteiger partial charge in [0.15, 0.2) is 0 Å². The molecule has 0 unspecified atom stereocenters. The second-order valence-electron chi connectivity index (χ2n) is 5.38. The predicted octanol–water partition coefficient (Wildman–Crippen LogP) is 3.34. The summed E-state index contributed by atoms with van der Waals surface area (Å²) in [5.74, 6) is 0.950. The van der Waals surface area contributed by atoms with E-state index in [4.69, 9.17) is 0 Å². The molecule has 1 fully saturated rings. The Labute approximate surface area is 111 Å². The van der Waals surface area contributed by atoms with Gasteiger partial charge in [-0.25, -0.2) is 0 Å². The molecule has 1 aromatic rings. The zero-order valence-electron chi connectivity index (χ0n) is 12.0. The maximum Gasteiger partial charge on any atom is 0.0396 e. The summed E-state index contributed by atoms with van der Waals surface area (Å²) in [6.45, 7) is 11.0. The van der Waals surface area contributed by atoms with Gasteiger partial charge in [-0.05, 0) is 56.3 Å². The average Bonchev–Trinajstić information content (AvgIpc) is 3.18. The van der Waals surface area contributed by atoms with Crippen LogP contribution in [0.4, 0.5) is 5.69 Å². The number of anilines is 1. The topological polar surface area (TPSA) is 15.3 Å². The lowest BCUT2D eigenvalue weighted by molar-refractivity contribution is 0.723. The third kappa shape index (κ3) is 3.49. The Bertz CT molecular complexity index is 383. The van der Waals surface area contributed by atoms with Crippen LogP contribution in [0, 0.1) is 12.8 Å². The minimum absolute atomic E-state index is 0.950. The Balaban J connectivity index is 2.06. The van der Waals surface area contributed by atoms with Crippen LogP contribution < -0.4 is 10.2 Å². The third-order valence-electron chi connectivity index (χ3n) is 3.74. The predicted molar refractivity (Wildman–Crippen MR) is 79.2 cm³/mol. The highest BCUT2D eigenvalue weighted by atomic mass is 15.1. The molecule has 0 amide bonds. The molecular weight excluding hydrogens is 220 g/mol. The highest BCUT2D eigenvalue weighted by Gasteiger charge is 2.24. The summed E-state index contributed by atoms with van der Waals surface area (Å²) in [5.41, 5.74) is 4.22. The van der Waals surface area contributed by atoms with Crippen molar-refractivity contribution in [3.8, 4) is 0 Å². The van der Waals surface area contributed by atoms with E-state index in [0.29, 0.717) is 0 Å². The van der Waals surface area contributed by atoms with Crippen LogP contribution in [-0.2, 0) is 6.54 Å². The van der Waals surface area contributed by atoms with Gasteiger partial charge in [-0.1, -0.05) is 19.1 Å². The van der Waals surface area contributed by atoms with Gasteiger partial charge in [-0.2, -0.15) is 0 Å². The van der Waals surface area contributed by atoms with E-state index in [1.54, 1.807) is 0 Å². The number of aryl methyl sites for hydroxylation is 1. The number of nitrogens with one attached hydrogen (secondary N) is 1. The lowest BCUT2D eigenvalue weighted by Crippen LogP contribution is -2.26. The van der Waals surface area contributed by atoms with E-state index in [0.717, 1.165) is 25.6 Å². The van der Waals surface area contributed by atoms with Crippen molar-refractivity contribution < 1.29 is 0 Å². The summed E-state index contributed by atoms with van der Waals surface area (Å²) < 4.78 is 0. The Morgan fingerprint density at radius 3 is 2.61 bits per heavy atom. The molecule has 1 saturated carbocycles. The van der Waals surface area contributed by atoms with Gasteiger partial charge < -0.3 is 10.2 Å². The van der Waals surface area contributed by atoms with Crippen molar-refractivity contribution in [2.24, 2.45) is 5.92 Å². The molecule has 1 aliphatic rings. The number of rotatable bonds is 7. The van der Waals surface area contributed by atoms with Crippen LogP contribution in [0.25, 0.3) is 0 Å². The van der Waals surface area contributed by atoms with Crippen LogP contribution in [-0.4, -0.2) is 19.6 Å².